The molecule has 0 saturated heterocycles. The number of ether oxygens (including phenoxy) is 1. The van der Waals surface area contributed by atoms with Crippen LogP contribution in [0.3, 0.4) is 0 Å². The van der Waals surface area contributed by atoms with Crippen molar-refractivity contribution in [3.63, 3.8) is 0 Å². The fourth-order valence-electron chi connectivity index (χ4n) is 4.44. The Labute approximate surface area is 204 Å². The predicted octanol–water partition coefficient (Wildman–Crippen LogP) is 5.06. The zero-order valence-corrected chi connectivity index (χ0v) is 19.7. The second kappa shape index (κ2) is 10.4. The number of nitrogens with one attached hydrogen (secondary N) is 1. The van der Waals surface area contributed by atoms with Gasteiger partial charge in [0.05, 0.1) is 5.56 Å². The number of fused-ring (bicyclic) bond motifs is 3. The van der Waals surface area contributed by atoms with E-state index >= 15 is 0 Å². The summed E-state index contributed by atoms with van der Waals surface area (Å²) in [6, 6.07) is 22.0. The summed E-state index contributed by atoms with van der Waals surface area (Å²) in [5.74, 6) is -1.34. The molecule has 0 unspecified atom stereocenters. The molecule has 0 radical (unpaired) electrons. The van der Waals surface area contributed by atoms with Crippen molar-refractivity contribution >= 4 is 23.7 Å². The Kier molecular flexibility index (Phi) is 7.15. The fourth-order valence-corrected chi connectivity index (χ4v) is 4.44. The lowest BCUT2D eigenvalue weighted by molar-refractivity contribution is -0.118. The van der Waals surface area contributed by atoms with Crippen LogP contribution in [-0.4, -0.2) is 42.8 Å². The van der Waals surface area contributed by atoms with E-state index in [1.165, 1.54) is 17.0 Å². The zero-order valence-electron chi connectivity index (χ0n) is 19.7. The molecule has 180 valence electrons. The molecule has 0 aliphatic heterocycles. The van der Waals surface area contributed by atoms with Gasteiger partial charge in [-0.3, -0.25) is 4.79 Å². The minimum absolute atomic E-state index is 0.0393. The van der Waals surface area contributed by atoms with Gasteiger partial charge in [-0.2, -0.15) is 0 Å². The van der Waals surface area contributed by atoms with Gasteiger partial charge in [0, 0.05) is 31.1 Å². The third-order valence-corrected chi connectivity index (χ3v) is 6.43. The van der Waals surface area contributed by atoms with E-state index in [2.05, 4.69) is 29.6 Å². The van der Waals surface area contributed by atoms with Crippen LogP contribution in [0.2, 0.25) is 0 Å². The smallest absolute Gasteiger partial charge is 0.407 e. The average molecular weight is 473 g/mol. The first-order valence-corrected chi connectivity index (χ1v) is 11.6. The molecule has 3 aromatic rings. The summed E-state index contributed by atoms with van der Waals surface area (Å²) in [6.07, 6.45) is 0.0370. The summed E-state index contributed by atoms with van der Waals surface area (Å²) in [4.78, 5) is 38.0. The van der Waals surface area contributed by atoms with Crippen LogP contribution in [0.5, 0.6) is 0 Å². The number of benzene rings is 3. The molecule has 7 nitrogen and oxygen atoms in total. The maximum atomic E-state index is 12.8. The number of aromatic carboxylic acids is 1. The number of rotatable bonds is 8. The van der Waals surface area contributed by atoms with Crippen LogP contribution in [0.1, 0.15) is 47.2 Å². The zero-order chi connectivity index (χ0) is 24.9. The largest absolute Gasteiger partial charge is 0.478 e. The first-order valence-electron chi connectivity index (χ1n) is 11.6. The van der Waals surface area contributed by atoms with Crippen molar-refractivity contribution in [1.29, 1.82) is 0 Å². The Morgan fingerprint density at radius 3 is 2.20 bits per heavy atom. The van der Waals surface area contributed by atoms with Crippen molar-refractivity contribution in [3.8, 4) is 11.1 Å². The van der Waals surface area contributed by atoms with Crippen LogP contribution in [0.4, 0.5) is 10.5 Å². The number of alkyl carbamates (subject to hydrolysis) is 1. The summed E-state index contributed by atoms with van der Waals surface area (Å²) in [5, 5.41) is 12.0. The highest BCUT2D eigenvalue weighted by Crippen LogP contribution is 2.44. The van der Waals surface area contributed by atoms with Crippen molar-refractivity contribution in [2.24, 2.45) is 0 Å². The molecule has 7 heteroatoms. The number of carbonyl (C=O) groups is 3. The van der Waals surface area contributed by atoms with Gasteiger partial charge in [0.25, 0.3) is 0 Å². The maximum Gasteiger partial charge on any atom is 0.407 e. The van der Waals surface area contributed by atoms with E-state index < -0.39 is 18.1 Å². The lowest BCUT2D eigenvalue weighted by atomic mass is 9.98. The van der Waals surface area contributed by atoms with Crippen LogP contribution >= 0.6 is 0 Å². The number of nitrogens with zero attached hydrogens (tertiary/aromatic N) is 1. The minimum atomic E-state index is -1.06. The van der Waals surface area contributed by atoms with Crippen LogP contribution in [0.25, 0.3) is 11.1 Å². The molecule has 1 aliphatic carbocycles. The van der Waals surface area contributed by atoms with Crippen molar-refractivity contribution in [2.45, 2.75) is 31.7 Å². The lowest BCUT2D eigenvalue weighted by Gasteiger charge is -2.22. The van der Waals surface area contributed by atoms with E-state index in [1.807, 2.05) is 31.2 Å². The maximum absolute atomic E-state index is 12.8. The Morgan fingerprint density at radius 1 is 0.971 bits per heavy atom. The van der Waals surface area contributed by atoms with Gasteiger partial charge in [0.15, 0.2) is 0 Å². The second-order valence-corrected chi connectivity index (χ2v) is 8.59. The van der Waals surface area contributed by atoms with Crippen LogP contribution < -0.4 is 10.2 Å². The number of carboxylic acids is 1. The second-order valence-electron chi connectivity index (χ2n) is 8.59. The van der Waals surface area contributed by atoms with E-state index in [0.717, 1.165) is 22.3 Å². The number of amides is 2. The third-order valence-electron chi connectivity index (χ3n) is 6.43. The van der Waals surface area contributed by atoms with Gasteiger partial charge >= 0.3 is 12.1 Å². The van der Waals surface area contributed by atoms with Gasteiger partial charge in [-0.05, 0) is 46.9 Å². The SMILES string of the molecule is CC[C@@H](CC(=O)N(C)c1cccc(C(=O)O)c1)NC(=O)OCC1c2ccccc2-c2ccccc21. The van der Waals surface area contributed by atoms with Crippen molar-refractivity contribution < 1.29 is 24.2 Å². The molecule has 0 spiro atoms. The van der Waals surface area contributed by atoms with Gasteiger partial charge in [0.1, 0.15) is 6.61 Å². The number of hydrogen-bond acceptors (Lipinski definition) is 4. The van der Waals surface area contributed by atoms with Crippen molar-refractivity contribution in [1.82, 2.24) is 5.32 Å². The number of hydrogen-bond donors (Lipinski definition) is 2. The molecule has 0 aromatic heterocycles. The third kappa shape index (κ3) is 5.19. The normalized spacial score (nSPS) is 12.9. The van der Waals surface area contributed by atoms with Gasteiger partial charge in [-0.1, -0.05) is 61.5 Å². The molecular formula is C28H28N2O5. The van der Waals surface area contributed by atoms with E-state index in [0.29, 0.717) is 12.1 Å². The van der Waals surface area contributed by atoms with Gasteiger partial charge in [0.2, 0.25) is 5.91 Å². The van der Waals surface area contributed by atoms with Crippen LogP contribution in [0.15, 0.2) is 72.8 Å². The number of anilines is 1. The molecule has 4 rings (SSSR count). The van der Waals surface area contributed by atoms with Gasteiger partial charge in [-0.15, -0.1) is 0 Å². The number of carbonyl (C=O) groups excluding carboxylic acids is 2. The molecule has 35 heavy (non-hydrogen) atoms. The Morgan fingerprint density at radius 2 is 1.60 bits per heavy atom. The Hall–Kier alpha value is -4.13. The lowest BCUT2D eigenvalue weighted by Crippen LogP contribution is -2.40. The van der Waals surface area contributed by atoms with E-state index in [4.69, 9.17) is 4.74 Å². The van der Waals surface area contributed by atoms with Crippen LogP contribution in [-0.2, 0) is 9.53 Å². The molecule has 0 bridgehead atoms. The van der Waals surface area contributed by atoms with Gasteiger partial charge in [-0.25, -0.2) is 9.59 Å². The molecule has 2 N–H and O–H groups in total. The standard InChI is InChI=1S/C28H28N2O5/c1-3-19(16-26(31)30(2)20-10-8-9-18(15-20)27(32)33)29-28(34)35-17-25-23-13-6-4-11-21(23)22-12-5-7-14-24(22)25/h4-15,19,25H,3,16-17H2,1-2H3,(H,29,34)(H,32,33)/t19-/m0/s1. The summed E-state index contributed by atoms with van der Waals surface area (Å²) in [6.45, 7) is 2.08. The highest BCUT2D eigenvalue weighted by Gasteiger charge is 2.29. The molecule has 1 aliphatic rings. The van der Waals surface area contributed by atoms with Crippen molar-refractivity contribution in [2.75, 3.05) is 18.6 Å². The quantitative estimate of drug-likeness (QED) is 0.478. The van der Waals surface area contributed by atoms with E-state index in [-0.39, 0.29) is 30.4 Å². The monoisotopic (exact) mass is 472 g/mol. The Balaban J connectivity index is 1.36. The average Bonchev–Trinajstić information content (AvgIpc) is 3.20. The summed E-state index contributed by atoms with van der Waals surface area (Å²) >= 11 is 0. The highest BCUT2D eigenvalue weighted by molar-refractivity contribution is 5.95. The summed E-state index contributed by atoms with van der Waals surface area (Å²) < 4.78 is 5.60. The molecule has 0 fully saturated rings. The minimum Gasteiger partial charge on any atom is -0.478 e. The first-order chi connectivity index (χ1) is 16.9. The topological polar surface area (TPSA) is 95.9 Å². The van der Waals surface area contributed by atoms with E-state index in [1.54, 1.807) is 19.2 Å². The Bertz CT molecular complexity index is 1210. The predicted molar refractivity (Wildman–Crippen MR) is 134 cm³/mol. The van der Waals surface area contributed by atoms with Crippen molar-refractivity contribution in [3.05, 3.63) is 89.5 Å². The van der Waals surface area contributed by atoms with E-state index in [9.17, 15) is 19.5 Å². The molecular weight excluding hydrogens is 444 g/mol. The summed E-state index contributed by atoms with van der Waals surface area (Å²) in [5.41, 5.74) is 5.16. The number of carboxylic acid groups (broad SMARTS) is 1. The molecule has 1 atom stereocenters. The van der Waals surface area contributed by atoms with Gasteiger partial charge < -0.3 is 20.1 Å². The molecule has 0 saturated carbocycles. The first kappa shape index (κ1) is 24.0. The molecule has 2 amide bonds. The van der Waals surface area contributed by atoms with Crippen LogP contribution in [0, 0.1) is 0 Å². The highest BCUT2D eigenvalue weighted by atomic mass is 16.5. The summed E-state index contributed by atoms with van der Waals surface area (Å²) in [7, 11) is 1.59. The molecule has 0 heterocycles. The molecule has 3 aromatic carbocycles. The fraction of sp³-hybridized carbons (Fsp3) is 0.250.